The summed E-state index contributed by atoms with van der Waals surface area (Å²) in [7, 11) is 1.58. The number of aromatic nitrogens is 4. The number of nitrogens with one attached hydrogen (secondary N) is 1. The van der Waals surface area contributed by atoms with Crippen LogP contribution in [0.15, 0.2) is 30.6 Å². The van der Waals surface area contributed by atoms with Crippen LogP contribution in [0.4, 0.5) is 0 Å². The number of carbonyl (C=O) groups is 1. The molecule has 1 heterocycles. The molecule has 0 unspecified atom stereocenters. The lowest BCUT2D eigenvalue weighted by Crippen LogP contribution is -2.32. The van der Waals surface area contributed by atoms with E-state index in [0.717, 1.165) is 5.56 Å². The molecular formula is C12H14ClN5O2. The molecule has 1 atom stereocenters. The number of hydrogen-bond acceptors (Lipinski definition) is 5. The van der Waals surface area contributed by atoms with Gasteiger partial charge in [0.1, 0.15) is 12.9 Å². The minimum atomic E-state index is -0.258. The Morgan fingerprint density at radius 1 is 1.55 bits per heavy atom. The van der Waals surface area contributed by atoms with Crippen molar-refractivity contribution in [3.8, 4) is 0 Å². The van der Waals surface area contributed by atoms with E-state index in [-0.39, 0.29) is 18.6 Å². The Balaban J connectivity index is 1.89. The van der Waals surface area contributed by atoms with Crippen LogP contribution in [0.5, 0.6) is 0 Å². The van der Waals surface area contributed by atoms with Crippen molar-refractivity contribution in [3.05, 3.63) is 41.2 Å². The lowest BCUT2D eigenvalue weighted by Gasteiger charge is -2.16. The van der Waals surface area contributed by atoms with Crippen LogP contribution in [-0.4, -0.2) is 39.8 Å². The second kappa shape index (κ2) is 6.97. The summed E-state index contributed by atoms with van der Waals surface area (Å²) in [5.74, 6) is -0.193. The normalized spacial score (nSPS) is 12.1. The number of benzene rings is 1. The molecule has 0 saturated carbocycles. The molecule has 0 fully saturated rings. The summed E-state index contributed by atoms with van der Waals surface area (Å²) < 4.78 is 6.70. The third kappa shape index (κ3) is 4.01. The van der Waals surface area contributed by atoms with E-state index in [1.807, 2.05) is 18.2 Å². The van der Waals surface area contributed by atoms with Crippen molar-refractivity contribution in [2.45, 2.75) is 12.6 Å². The molecule has 1 N–H and O–H groups in total. The summed E-state index contributed by atoms with van der Waals surface area (Å²) in [5.41, 5.74) is 0.905. The van der Waals surface area contributed by atoms with E-state index in [1.165, 1.54) is 11.0 Å². The quantitative estimate of drug-likeness (QED) is 0.853. The van der Waals surface area contributed by atoms with Gasteiger partial charge in [-0.3, -0.25) is 4.79 Å². The SMILES string of the molecule is CO[C@H](CNC(=O)Cn1cnnn1)c1cccc(Cl)c1. The number of rotatable bonds is 6. The Kier molecular flexibility index (Phi) is 5.03. The highest BCUT2D eigenvalue weighted by molar-refractivity contribution is 6.30. The number of tetrazole rings is 1. The molecule has 0 aliphatic heterocycles. The second-order valence-corrected chi connectivity index (χ2v) is 4.53. The number of nitrogens with zero attached hydrogens (tertiary/aromatic N) is 4. The fourth-order valence-corrected chi connectivity index (χ4v) is 1.91. The molecule has 0 saturated heterocycles. The first-order chi connectivity index (χ1) is 9.69. The maximum absolute atomic E-state index is 11.7. The van der Waals surface area contributed by atoms with Gasteiger partial charge in [0.15, 0.2) is 0 Å². The molecule has 20 heavy (non-hydrogen) atoms. The van der Waals surface area contributed by atoms with Gasteiger partial charge in [-0.2, -0.15) is 0 Å². The van der Waals surface area contributed by atoms with Crippen LogP contribution >= 0.6 is 11.6 Å². The number of hydrogen-bond donors (Lipinski definition) is 1. The summed E-state index contributed by atoms with van der Waals surface area (Å²) in [6.07, 6.45) is 1.12. The molecule has 0 spiro atoms. The van der Waals surface area contributed by atoms with E-state index in [2.05, 4.69) is 20.8 Å². The summed E-state index contributed by atoms with van der Waals surface area (Å²) in [4.78, 5) is 11.7. The highest BCUT2D eigenvalue weighted by Crippen LogP contribution is 2.19. The van der Waals surface area contributed by atoms with Gasteiger partial charge < -0.3 is 10.1 Å². The first-order valence-corrected chi connectivity index (χ1v) is 6.32. The average Bonchev–Trinajstić information content (AvgIpc) is 2.92. The zero-order valence-electron chi connectivity index (χ0n) is 10.9. The van der Waals surface area contributed by atoms with Crippen LogP contribution in [0.2, 0.25) is 5.02 Å². The third-order valence-corrected chi connectivity index (χ3v) is 2.92. The van der Waals surface area contributed by atoms with Gasteiger partial charge in [-0.15, -0.1) is 5.10 Å². The molecular weight excluding hydrogens is 282 g/mol. The lowest BCUT2D eigenvalue weighted by molar-refractivity contribution is -0.122. The molecule has 0 bridgehead atoms. The van der Waals surface area contributed by atoms with Crippen molar-refractivity contribution in [1.82, 2.24) is 25.5 Å². The number of methoxy groups -OCH3 is 1. The molecule has 8 heteroatoms. The van der Waals surface area contributed by atoms with Crippen molar-refractivity contribution < 1.29 is 9.53 Å². The molecule has 0 radical (unpaired) electrons. The summed E-state index contributed by atoms with van der Waals surface area (Å²) in [6, 6.07) is 7.33. The zero-order chi connectivity index (χ0) is 14.4. The predicted octanol–water partition coefficient (Wildman–Crippen LogP) is 0.830. The number of carbonyl (C=O) groups excluding carboxylic acids is 1. The van der Waals surface area contributed by atoms with Crippen LogP contribution in [0.3, 0.4) is 0 Å². The first-order valence-electron chi connectivity index (χ1n) is 5.95. The molecule has 106 valence electrons. The number of halogens is 1. The minimum absolute atomic E-state index is 0.0684. The Morgan fingerprint density at radius 3 is 3.05 bits per heavy atom. The van der Waals surface area contributed by atoms with E-state index in [4.69, 9.17) is 16.3 Å². The molecule has 2 aromatic rings. The van der Waals surface area contributed by atoms with Crippen LogP contribution < -0.4 is 5.32 Å². The Bertz CT molecular complexity index is 561. The molecule has 1 aromatic carbocycles. The van der Waals surface area contributed by atoms with Crippen LogP contribution in [0.1, 0.15) is 11.7 Å². The maximum atomic E-state index is 11.7. The fraction of sp³-hybridized carbons (Fsp3) is 0.333. The smallest absolute Gasteiger partial charge is 0.241 e. The zero-order valence-corrected chi connectivity index (χ0v) is 11.6. The van der Waals surface area contributed by atoms with E-state index < -0.39 is 0 Å². The van der Waals surface area contributed by atoms with Crippen LogP contribution in [0, 0.1) is 0 Å². The van der Waals surface area contributed by atoms with Gasteiger partial charge in [0, 0.05) is 18.7 Å². The summed E-state index contributed by atoms with van der Waals surface area (Å²) >= 11 is 5.94. The fourth-order valence-electron chi connectivity index (χ4n) is 1.71. The topological polar surface area (TPSA) is 81.9 Å². The van der Waals surface area contributed by atoms with E-state index in [0.29, 0.717) is 11.6 Å². The van der Waals surface area contributed by atoms with Crippen molar-refractivity contribution in [2.24, 2.45) is 0 Å². The van der Waals surface area contributed by atoms with Gasteiger partial charge in [0.05, 0.1) is 6.10 Å². The van der Waals surface area contributed by atoms with Gasteiger partial charge in [0.25, 0.3) is 0 Å². The maximum Gasteiger partial charge on any atom is 0.241 e. The lowest BCUT2D eigenvalue weighted by atomic mass is 10.1. The molecule has 2 rings (SSSR count). The highest BCUT2D eigenvalue weighted by atomic mass is 35.5. The van der Waals surface area contributed by atoms with Gasteiger partial charge in [-0.1, -0.05) is 23.7 Å². The monoisotopic (exact) mass is 295 g/mol. The molecule has 1 aromatic heterocycles. The highest BCUT2D eigenvalue weighted by Gasteiger charge is 2.12. The summed E-state index contributed by atoms with van der Waals surface area (Å²) in [6.45, 7) is 0.413. The first kappa shape index (κ1) is 14.4. The van der Waals surface area contributed by atoms with Crippen LogP contribution in [0.25, 0.3) is 0 Å². The van der Waals surface area contributed by atoms with Gasteiger partial charge in [-0.05, 0) is 28.1 Å². The Labute approximate surface area is 120 Å². The Hall–Kier alpha value is -1.99. The van der Waals surface area contributed by atoms with E-state index in [1.54, 1.807) is 13.2 Å². The predicted molar refractivity (Wildman–Crippen MR) is 72.0 cm³/mol. The molecule has 0 aliphatic rings. The van der Waals surface area contributed by atoms with Gasteiger partial charge in [-0.25, -0.2) is 4.68 Å². The standard InChI is InChI=1S/C12H14ClN5O2/c1-20-11(9-3-2-4-10(13)5-9)6-14-12(19)7-18-8-15-16-17-18/h2-5,8,11H,6-7H2,1H3,(H,14,19)/t11-/m1/s1. The van der Waals surface area contributed by atoms with Crippen molar-refractivity contribution in [3.63, 3.8) is 0 Å². The van der Waals surface area contributed by atoms with Crippen molar-refractivity contribution >= 4 is 17.5 Å². The van der Waals surface area contributed by atoms with Gasteiger partial charge in [0.2, 0.25) is 5.91 Å². The van der Waals surface area contributed by atoms with E-state index in [9.17, 15) is 4.79 Å². The van der Waals surface area contributed by atoms with E-state index >= 15 is 0 Å². The average molecular weight is 296 g/mol. The van der Waals surface area contributed by atoms with Crippen LogP contribution in [-0.2, 0) is 16.1 Å². The second-order valence-electron chi connectivity index (χ2n) is 4.09. The number of amides is 1. The molecule has 1 amide bonds. The largest absolute Gasteiger partial charge is 0.375 e. The third-order valence-electron chi connectivity index (χ3n) is 2.69. The minimum Gasteiger partial charge on any atom is -0.375 e. The summed E-state index contributed by atoms with van der Waals surface area (Å²) in [5, 5.41) is 13.9. The van der Waals surface area contributed by atoms with Gasteiger partial charge >= 0.3 is 0 Å². The van der Waals surface area contributed by atoms with Crippen molar-refractivity contribution in [2.75, 3.05) is 13.7 Å². The molecule has 7 nitrogen and oxygen atoms in total. The van der Waals surface area contributed by atoms with Crippen molar-refractivity contribution in [1.29, 1.82) is 0 Å². The number of ether oxygens (including phenoxy) is 1. The Morgan fingerprint density at radius 2 is 2.40 bits per heavy atom. The molecule has 0 aliphatic carbocycles.